The topological polar surface area (TPSA) is 69.8 Å². The number of ether oxygens (including phenoxy) is 1. The van der Waals surface area contributed by atoms with E-state index >= 15 is 0 Å². The van der Waals surface area contributed by atoms with Gasteiger partial charge < -0.3 is 14.9 Å². The average Bonchev–Trinajstić information content (AvgIpc) is 2.02. The van der Waals surface area contributed by atoms with Gasteiger partial charge in [0.05, 0.1) is 13.2 Å². The monoisotopic (exact) mass is 202 g/mol. The van der Waals surface area contributed by atoms with Gasteiger partial charge in [-0.25, -0.2) is 9.37 Å². The molecule has 0 aromatic carbocycles. The summed E-state index contributed by atoms with van der Waals surface area (Å²) >= 11 is 0. The zero-order chi connectivity index (χ0) is 11.0. The van der Waals surface area contributed by atoms with Crippen LogP contribution in [0.5, 0.6) is 0 Å². The number of carbonyl (C=O) groups is 1. The van der Waals surface area contributed by atoms with Crippen molar-refractivity contribution in [3.05, 3.63) is 12.7 Å². The van der Waals surface area contributed by atoms with Crippen LogP contribution in [0.15, 0.2) is 12.7 Å². The van der Waals surface area contributed by atoms with E-state index in [0.29, 0.717) is 6.61 Å². The molecule has 0 aliphatic heterocycles. The van der Waals surface area contributed by atoms with E-state index < -0.39 is 12.1 Å². The summed E-state index contributed by atoms with van der Waals surface area (Å²) in [5.74, 6) is -0.973. The largest absolute Gasteiger partial charge is 0.477 e. The van der Waals surface area contributed by atoms with Crippen LogP contribution in [0, 0.1) is 0 Å². The molecule has 0 aliphatic rings. The maximum absolute atomic E-state index is 10.2. The Labute approximate surface area is 82.9 Å². The normalized spacial score (nSPS) is 12.1. The Hall–Kier alpha value is -1.20. The first kappa shape index (κ1) is 12.8. The fourth-order valence-electron chi connectivity index (χ4n) is 0.894. The van der Waals surface area contributed by atoms with Crippen LogP contribution in [0.4, 0.5) is 0 Å². The molecule has 0 aromatic heterocycles. The summed E-state index contributed by atoms with van der Waals surface area (Å²) in [6.45, 7) is 7.41. The Balaban J connectivity index is 3.59. The molecule has 14 heavy (non-hydrogen) atoms. The van der Waals surface area contributed by atoms with E-state index in [1.54, 1.807) is 6.08 Å². The van der Waals surface area contributed by atoms with Crippen molar-refractivity contribution in [1.29, 1.82) is 0 Å². The average molecular weight is 202 g/mol. The van der Waals surface area contributed by atoms with Gasteiger partial charge >= 0.3 is 5.97 Å². The number of carboxylic acids is 1. The molecule has 80 valence electrons. The quantitative estimate of drug-likeness (QED) is 0.237. The molecule has 0 aliphatic carbocycles. The molecule has 2 N–H and O–H groups in total. The maximum Gasteiger partial charge on any atom is 0.369 e. The van der Waals surface area contributed by atoms with Crippen molar-refractivity contribution in [3.63, 3.8) is 0 Å². The third-order valence-electron chi connectivity index (χ3n) is 1.37. The van der Waals surface area contributed by atoms with Gasteiger partial charge in [0.2, 0.25) is 6.54 Å². The lowest BCUT2D eigenvalue weighted by Crippen LogP contribution is -2.30. The number of rotatable bonds is 8. The highest BCUT2D eigenvalue weighted by Crippen LogP contribution is 1.87. The van der Waals surface area contributed by atoms with Crippen LogP contribution in [0.25, 0.3) is 0 Å². The first-order chi connectivity index (χ1) is 6.56. The van der Waals surface area contributed by atoms with E-state index in [1.165, 1.54) is 4.58 Å². The molecular formula is C9H16NO4+. The Bertz CT molecular complexity index is 215. The fraction of sp³-hybridized carbons (Fsp3) is 0.556. The van der Waals surface area contributed by atoms with Gasteiger partial charge in [0.15, 0.2) is 6.54 Å². The predicted molar refractivity (Wildman–Crippen MR) is 51.8 cm³/mol. The maximum atomic E-state index is 10.2. The number of aliphatic hydroxyl groups excluding tert-OH is 1. The molecule has 0 aromatic rings. The van der Waals surface area contributed by atoms with Crippen LogP contribution in [0.3, 0.4) is 0 Å². The summed E-state index contributed by atoms with van der Waals surface area (Å²) in [6, 6.07) is 0. The summed E-state index contributed by atoms with van der Waals surface area (Å²) in [6.07, 6.45) is 0.846. The van der Waals surface area contributed by atoms with Crippen molar-refractivity contribution in [3.8, 4) is 0 Å². The highest BCUT2D eigenvalue weighted by Gasteiger charge is 2.13. The van der Waals surface area contributed by atoms with Crippen LogP contribution in [0.1, 0.15) is 0 Å². The molecular weight excluding hydrogens is 186 g/mol. The number of aliphatic carboxylic acids is 1. The van der Waals surface area contributed by atoms with Crippen LogP contribution >= 0.6 is 0 Å². The zero-order valence-electron chi connectivity index (χ0n) is 8.06. The van der Waals surface area contributed by atoms with Crippen LogP contribution in [0.2, 0.25) is 0 Å². The predicted octanol–water partition coefficient (Wildman–Crippen LogP) is -0.652. The van der Waals surface area contributed by atoms with Gasteiger partial charge in [-0.1, -0.05) is 6.08 Å². The summed E-state index contributed by atoms with van der Waals surface area (Å²) in [7, 11) is 0. The number of hydrogen-bond donors (Lipinski definition) is 2. The van der Waals surface area contributed by atoms with Crippen molar-refractivity contribution in [1.82, 2.24) is 0 Å². The second-order valence-corrected chi connectivity index (χ2v) is 2.89. The molecule has 5 nitrogen and oxygen atoms in total. The summed E-state index contributed by atoms with van der Waals surface area (Å²) in [4.78, 5) is 10.2. The molecule has 0 saturated heterocycles. The van der Waals surface area contributed by atoms with E-state index in [9.17, 15) is 9.90 Å². The van der Waals surface area contributed by atoms with Gasteiger partial charge in [0.25, 0.3) is 0 Å². The Kier molecular flexibility index (Phi) is 6.61. The summed E-state index contributed by atoms with van der Waals surface area (Å²) in [5, 5.41) is 17.7. The molecule has 1 atom stereocenters. The summed E-state index contributed by atoms with van der Waals surface area (Å²) in [5.41, 5.74) is 0. The molecule has 0 radical (unpaired) electrons. The Morgan fingerprint density at radius 2 is 2.29 bits per heavy atom. The second kappa shape index (κ2) is 7.23. The van der Waals surface area contributed by atoms with Gasteiger partial charge in [0, 0.05) is 0 Å². The fourth-order valence-corrected chi connectivity index (χ4v) is 0.894. The lowest BCUT2D eigenvalue weighted by atomic mass is 10.3. The first-order valence-corrected chi connectivity index (χ1v) is 4.20. The van der Waals surface area contributed by atoms with E-state index in [2.05, 4.69) is 13.3 Å². The molecule has 0 spiro atoms. The van der Waals surface area contributed by atoms with Gasteiger partial charge in [-0.3, -0.25) is 0 Å². The Morgan fingerprint density at radius 3 is 2.79 bits per heavy atom. The van der Waals surface area contributed by atoms with Gasteiger partial charge in [0.1, 0.15) is 12.8 Å². The smallest absolute Gasteiger partial charge is 0.369 e. The highest BCUT2D eigenvalue weighted by molar-refractivity contribution is 5.67. The lowest BCUT2D eigenvalue weighted by molar-refractivity contribution is -0.519. The van der Waals surface area contributed by atoms with Crippen LogP contribution in [-0.2, 0) is 9.53 Å². The van der Waals surface area contributed by atoms with E-state index in [-0.39, 0.29) is 19.7 Å². The van der Waals surface area contributed by atoms with Gasteiger partial charge in [-0.05, 0) is 0 Å². The molecule has 0 fully saturated rings. The van der Waals surface area contributed by atoms with Crippen LogP contribution < -0.4 is 0 Å². The Morgan fingerprint density at radius 1 is 1.64 bits per heavy atom. The SMILES string of the molecule is C=CCOCC(O)C[N+](=C)CC(=O)O. The van der Waals surface area contributed by atoms with Crippen molar-refractivity contribution in [2.24, 2.45) is 0 Å². The number of carboxylic acid groups (broad SMARTS) is 1. The number of nitrogens with zero attached hydrogens (tertiary/aromatic N) is 1. The van der Waals surface area contributed by atoms with Crippen LogP contribution in [-0.4, -0.2) is 59.9 Å². The lowest BCUT2D eigenvalue weighted by Gasteiger charge is -2.07. The minimum atomic E-state index is -0.973. The zero-order valence-corrected chi connectivity index (χ0v) is 8.06. The first-order valence-electron chi connectivity index (χ1n) is 4.20. The number of aliphatic hydroxyl groups is 1. The highest BCUT2D eigenvalue weighted by atomic mass is 16.5. The molecule has 0 rings (SSSR count). The minimum Gasteiger partial charge on any atom is -0.477 e. The van der Waals surface area contributed by atoms with Crippen molar-refractivity contribution in [2.45, 2.75) is 6.10 Å². The molecule has 1 unspecified atom stereocenters. The molecule has 5 heteroatoms. The third-order valence-corrected chi connectivity index (χ3v) is 1.37. The van der Waals surface area contributed by atoms with Gasteiger partial charge in [-0.2, -0.15) is 0 Å². The molecule has 0 heterocycles. The third kappa shape index (κ3) is 7.45. The van der Waals surface area contributed by atoms with Crippen molar-refractivity contribution in [2.75, 3.05) is 26.3 Å². The van der Waals surface area contributed by atoms with E-state index in [0.717, 1.165) is 0 Å². The summed E-state index contributed by atoms with van der Waals surface area (Å²) < 4.78 is 6.25. The molecule has 0 saturated carbocycles. The molecule has 0 bridgehead atoms. The minimum absolute atomic E-state index is 0.150. The standard InChI is InChI=1S/C9H15NO4/c1-3-4-14-7-8(11)5-10(2)6-9(12)13/h3,8,11H,1-2,4-7H2/p+1. The van der Waals surface area contributed by atoms with Crippen molar-refractivity contribution < 1.29 is 24.3 Å². The molecule has 0 amide bonds. The van der Waals surface area contributed by atoms with E-state index in [1.807, 2.05) is 0 Å². The number of hydrogen-bond acceptors (Lipinski definition) is 3. The van der Waals surface area contributed by atoms with Gasteiger partial charge in [-0.15, -0.1) is 6.58 Å². The van der Waals surface area contributed by atoms with E-state index in [4.69, 9.17) is 9.84 Å². The van der Waals surface area contributed by atoms with Crippen molar-refractivity contribution >= 4 is 12.7 Å². The second-order valence-electron chi connectivity index (χ2n) is 2.89.